The van der Waals surface area contributed by atoms with E-state index in [1.165, 1.54) is 12.0 Å². The first-order valence-electron chi connectivity index (χ1n) is 10.4. The quantitative estimate of drug-likeness (QED) is 0.539. The van der Waals surface area contributed by atoms with Gasteiger partial charge in [0, 0.05) is 5.92 Å². The van der Waals surface area contributed by atoms with Crippen molar-refractivity contribution in [2.45, 2.75) is 78.2 Å². The number of fused-ring (bicyclic) bond motifs is 5. The van der Waals surface area contributed by atoms with Crippen molar-refractivity contribution in [1.82, 2.24) is 0 Å². The Morgan fingerprint density at radius 2 is 1.89 bits per heavy atom. The number of allylic oxidation sites excluding steroid dienone is 1. The molecule has 0 bridgehead atoms. The van der Waals surface area contributed by atoms with Crippen LogP contribution in [0.5, 0.6) is 0 Å². The highest BCUT2D eigenvalue weighted by Crippen LogP contribution is 2.66. The van der Waals surface area contributed by atoms with E-state index in [1.807, 2.05) is 0 Å². The minimum absolute atomic E-state index is 0.115. The smallest absolute Gasteiger partial charge is 0.309 e. The molecule has 0 aromatic carbocycles. The molecule has 0 saturated heterocycles. The molecular formula is C21H33O5S+. The fourth-order valence-electron chi connectivity index (χ4n) is 7.56. The second kappa shape index (κ2) is 6.39. The topological polar surface area (TPSA) is 83.3 Å². The van der Waals surface area contributed by atoms with Gasteiger partial charge in [-0.2, -0.15) is 0 Å². The van der Waals surface area contributed by atoms with Crippen LogP contribution in [0.4, 0.5) is 0 Å². The van der Waals surface area contributed by atoms with E-state index < -0.39 is 10.4 Å². The number of ketones is 1. The maximum Gasteiger partial charge on any atom is 0.529 e. The normalized spacial score (nSPS) is 46.8. The van der Waals surface area contributed by atoms with Crippen LogP contribution in [0.15, 0.2) is 11.6 Å². The summed E-state index contributed by atoms with van der Waals surface area (Å²) in [7, 11) is -4.15. The van der Waals surface area contributed by atoms with Gasteiger partial charge < -0.3 is 4.55 Å². The van der Waals surface area contributed by atoms with Crippen molar-refractivity contribution in [3.05, 3.63) is 11.6 Å². The van der Waals surface area contributed by atoms with Gasteiger partial charge in [-0.3, -0.25) is 4.79 Å². The number of Topliss-reactive ketones (excluding diaryl/α,β-unsaturated/α-hetero) is 1. The van der Waals surface area contributed by atoms with E-state index in [-0.39, 0.29) is 22.9 Å². The van der Waals surface area contributed by atoms with Crippen LogP contribution >= 0.6 is 0 Å². The number of carbonyl (C=O) groups is 1. The lowest BCUT2D eigenvalue weighted by molar-refractivity contribution is -0.127. The van der Waals surface area contributed by atoms with Crippen molar-refractivity contribution >= 4 is 16.2 Å². The van der Waals surface area contributed by atoms with Crippen LogP contribution in [0.2, 0.25) is 0 Å². The predicted octanol–water partition coefficient (Wildman–Crippen LogP) is 3.51. The summed E-state index contributed by atoms with van der Waals surface area (Å²) in [6.07, 6.45) is 9.79. The maximum absolute atomic E-state index is 12.2. The average molecular weight is 398 g/mol. The van der Waals surface area contributed by atoms with E-state index in [4.69, 9.17) is 8.74 Å². The molecule has 3 unspecified atom stereocenters. The van der Waals surface area contributed by atoms with Gasteiger partial charge in [0.2, 0.25) is 0 Å². The average Bonchev–Trinajstić information content (AvgIpc) is 2.91. The third kappa shape index (κ3) is 3.12. The van der Waals surface area contributed by atoms with Crippen LogP contribution in [0, 0.1) is 34.5 Å². The summed E-state index contributed by atoms with van der Waals surface area (Å²) in [5.74, 6) is 2.48. The Hall–Kier alpha value is -0.720. The van der Waals surface area contributed by atoms with Crippen LogP contribution in [0.1, 0.15) is 72.1 Å². The van der Waals surface area contributed by atoms with Gasteiger partial charge in [-0.05, 0) is 86.9 Å². The molecule has 5 nitrogen and oxygen atoms in total. The van der Waals surface area contributed by atoms with Crippen LogP contribution in [0.25, 0.3) is 0 Å². The van der Waals surface area contributed by atoms with Gasteiger partial charge in [0.15, 0.2) is 0 Å². The van der Waals surface area contributed by atoms with E-state index >= 15 is 0 Å². The summed E-state index contributed by atoms with van der Waals surface area (Å²) in [6, 6.07) is 0. The van der Waals surface area contributed by atoms with Crippen LogP contribution < -0.4 is 0 Å². The summed E-state index contributed by atoms with van der Waals surface area (Å²) in [5.41, 5.74) is 1.62. The predicted molar refractivity (Wildman–Crippen MR) is 103 cm³/mol. The van der Waals surface area contributed by atoms with Gasteiger partial charge in [-0.25, -0.2) is 4.18 Å². The fraction of sp³-hybridized carbons (Fsp3) is 0.857. The Morgan fingerprint density at radius 1 is 1.15 bits per heavy atom. The Labute approximate surface area is 162 Å². The SMILES string of the molecule is CC(=O)[C@H]1CCC2C3CC=C4C[C@@H](OS(=O)(=O)[OH2+])CC[C@]4(C)C3CC[C@@]21C. The Kier molecular flexibility index (Phi) is 4.64. The van der Waals surface area contributed by atoms with Crippen molar-refractivity contribution in [1.29, 1.82) is 0 Å². The van der Waals surface area contributed by atoms with E-state index in [0.29, 0.717) is 36.4 Å². The molecule has 0 heterocycles. The molecule has 0 amide bonds. The van der Waals surface area contributed by atoms with Crippen molar-refractivity contribution in [3.63, 3.8) is 0 Å². The van der Waals surface area contributed by atoms with E-state index in [9.17, 15) is 13.2 Å². The van der Waals surface area contributed by atoms with Crippen LogP contribution in [-0.2, 0) is 19.4 Å². The zero-order chi connectivity index (χ0) is 19.6. The molecule has 0 aromatic heterocycles. The third-order valence-corrected chi connectivity index (χ3v) is 9.34. The molecule has 7 atom stereocenters. The molecule has 0 radical (unpaired) electrons. The fourth-order valence-corrected chi connectivity index (χ4v) is 8.08. The zero-order valence-corrected chi connectivity index (χ0v) is 17.5. The molecule has 4 aliphatic rings. The molecular weight excluding hydrogens is 364 g/mol. The highest BCUT2D eigenvalue weighted by Gasteiger charge is 2.59. The molecule has 4 aliphatic carbocycles. The largest absolute Gasteiger partial charge is 0.529 e. The summed E-state index contributed by atoms with van der Waals surface area (Å²) >= 11 is 0. The Balaban J connectivity index is 1.58. The van der Waals surface area contributed by atoms with Crippen molar-refractivity contribution in [2.75, 3.05) is 0 Å². The first kappa shape index (κ1) is 19.6. The summed E-state index contributed by atoms with van der Waals surface area (Å²) in [5, 5.41) is 0. The molecule has 4 rings (SSSR count). The molecule has 6 heteroatoms. The van der Waals surface area contributed by atoms with Crippen LogP contribution in [0.3, 0.4) is 0 Å². The van der Waals surface area contributed by atoms with Gasteiger partial charge in [-0.1, -0.05) is 25.5 Å². The molecule has 152 valence electrons. The Morgan fingerprint density at radius 3 is 2.56 bits per heavy atom. The summed E-state index contributed by atoms with van der Waals surface area (Å²) < 4.78 is 34.5. The molecule has 3 fully saturated rings. The molecule has 0 spiro atoms. The van der Waals surface area contributed by atoms with Gasteiger partial charge >= 0.3 is 10.4 Å². The monoisotopic (exact) mass is 397 g/mol. The van der Waals surface area contributed by atoms with Crippen molar-refractivity contribution in [3.8, 4) is 0 Å². The number of rotatable bonds is 3. The lowest BCUT2D eigenvalue weighted by atomic mass is 9.47. The molecule has 3 saturated carbocycles. The zero-order valence-electron chi connectivity index (χ0n) is 16.7. The van der Waals surface area contributed by atoms with E-state index in [1.54, 1.807) is 6.92 Å². The lowest BCUT2D eigenvalue weighted by Gasteiger charge is -2.58. The molecule has 0 aromatic rings. The highest BCUT2D eigenvalue weighted by molar-refractivity contribution is 7.80. The molecule has 2 N–H and O–H groups in total. The minimum Gasteiger partial charge on any atom is -0.309 e. The second-order valence-electron chi connectivity index (χ2n) is 9.96. The van der Waals surface area contributed by atoms with Crippen molar-refractivity contribution < 1.29 is 21.9 Å². The highest BCUT2D eigenvalue weighted by atomic mass is 32.3. The minimum atomic E-state index is -4.15. The van der Waals surface area contributed by atoms with Crippen molar-refractivity contribution in [2.24, 2.45) is 34.5 Å². The lowest BCUT2D eigenvalue weighted by Crippen LogP contribution is -2.51. The van der Waals surface area contributed by atoms with Crippen LogP contribution in [-0.4, -0.2) is 24.9 Å². The first-order valence-corrected chi connectivity index (χ1v) is 11.8. The first-order chi connectivity index (χ1) is 12.5. The van der Waals surface area contributed by atoms with Gasteiger partial charge in [0.05, 0.1) is 6.10 Å². The standard InChI is InChI=1S/C21H32O5S/c1-13(22)17-6-7-18-16-5-4-14-12-15(26-27(23,24)25)8-10-20(14,2)19(16)9-11-21(17,18)3/h4,15-19H,5-12H2,1-3H3,(H,23,24,25)/p+1/t15-,16?,17+,18?,19?,20-,21+/m0/s1. The molecule has 0 aliphatic heterocycles. The number of hydrogen-bond donors (Lipinski definition) is 0. The summed E-state index contributed by atoms with van der Waals surface area (Å²) in [4.78, 5) is 12.2. The summed E-state index contributed by atoms with van der Waals surface area (Å²) in [6.45, 7) is 6.49. The van der Waals surface area contributed by atoms with E-state index in [0.717, 1.165) is 32.1 Å². The van der Waals surface area contributed by atoms with Gasteiger partial charge in [0.1, 0.15) is 5.78 Å². The number of carbonyl (C=O) groups excluding carboxylic acids is 1. The number of hydrogen-bond acceptors (Lipinski definition) is 4. The van der Waals surface area contributed by atoms with Gasteiger partial charge in [0.25, 0.3) is 0 Å². The molecule has 27 heavy (non-hydrogen) atoms. The maximum atomic E-state index is 12.2. The Bertz CT molecular complexity index is 771. The third-order valence-electron chi connectivity index (χ3n) is 8.81. The van der Waals surface area contributed by atoms with Gasteiger partial charge in [-0.15, -0.1) is 8.42 Å². The van der Waals surface area contributed by atoms with E-state index in [2.05, 4.69) is 19.9 Å². The second-order valence-corrected chi connectivity index (χ2v) is 11.1.